The Kier molecular flexibility index (Phi) is 5.74. The van der Waals surface area contributed by atoms with E-state index in [1.165, 1.54) is 4.80 Å². The first-order valence-electron chi connectivity index (χ1n) is 10.4. The quantitative estimate of drug-likeness (QED) is 0.702. The molecule has 8 nitrogen and oxygen atoms in total. The summed E-state index contributed by atoms with van der Waals surface area (Å²) < 4.78 is 0. The molecule has 2 atom stereocenters. The lowest BCUT2D eigenvalue weighted by Crippen LogP contribution is -2.51. The summed E-state index contributed by atoms with van der Waals surface area (Å²) in [6, 6.07) is 9.72. The highest BCUT2D eigenvalue weighted by Crippen LogP contribution is 2.27. The number of carbonyl (C=O) groups is 1. The highest BCUT2D eigenvalue weighted by Gasteiger charge is 2.33. The average molecular weight is 406 g/mol. The van der Waals surface area contributed by atoms with E-state index in [1.54, 1.807) is 12.4 Å². The Morgan fingerprint density at radius 1 is 1.13 bits per heavy atom. The highest BCUT2D eigenvalue weighted by molar-refractivity contribution is 5.98. The molecule has 0 bridgehead atoms. The van der Waals surface area contributed by atoms with Crippen LogP contribution in [0.3, 0.4) is 0 Å². The first-order chi connectivity index (χ1) is 14.5. The Labute approximate surface area is 176 Å². The average Bonchev–Trinajstić information content (AvgIpc) is 3.28. The molecule has 0 saturated carbocycles. The SMILES string of the molecule is Cc1ccc(-n2nccn2)c(C(=O)N2CCCC(C)[C@H]2CNc2ccc(C)nn2)c1. The minimum absolute atomic E-state index is 0.0133. The summed E-state index contributed by atoms with van der Waals surface area (Å²) in [6.07, 6.45) is 5.32. The Bertz CT molecular complexity index is 1000. The van der Waals surface area contributed by atoms with Crippen molar-refractivity contribution in [2.45, 2.75) is 39.7 Å². The van der Waals surface area contributed by atoms with Crippen LogP contribution in [0.5, 0.6) is 0 Å². The number of benzene rings is 1. The fraction of sp³-hybridized carbons (Fsp3) is 0.409. The van der Waals surface area contributed by atoms with Gasteiger partial charge in [0.05, 0.1) is 35.4 Å². The minimum Gasteiger partial charge on any atom is -0.367 e. The third kappa shape index (κ3) is 4.17. The maximum absolute atomic E-state index is 13.7. The molecule has 1 unspecified atom stereocenters. The van der Waals surface area contributed by atoms with Crippen molar-refractivity contribution in [1.29, 1.82) is 0 Å². The van der Waals surface area contributed by atoms with Crippen LogP contribution >= 0.6 is 0 Å². The van der Waals surface area contributed by atoms with E-state index in [1.807, 2.05) is 49.1 Å². The smallest absolute Gasteiger partial charge is 0.256 e. The van der Waals surface area contributed by atoms with Crippen molar-refractivity contribution < 1.29 is 4.79 Å². The van der Waals surface area contributed by atoms with E-state index in [0.717, 1.165) is 36.5 Å². The number of likely N-dealkylation sites (tertiary alicyclic amines) is 1. The molecule has 30 heavy (non-hydrogen) atoms. The van der Waals surface area contributed by atoms with Gasteiger partial charge in [0.25, 0.3) is 5.91 Å². The topological polar surface area (TPSA) is 88.8 Å². The molecule has 0 radical (unpaired) electrons. The van der Waals surface area contributed by atoms with Gasteiger partial charge in [-0.25, -0.2) is 0 Å². The number of carbonyl (C=O) groups excluding carboxylic acids is 1. The number of aromatic nitrogens is 5. The Morgan fingerprint density at radius 3 is 2.67 bits per heavy atom. The lowest BCUT2D eigenvalue weighted by atomic mass is 9.89. The minimum atomic E-state index is 0.0133. The Balaban J connectivity index is 1.60. The van der Waals surface area contributed by atoms with Crippen LogP contribution in [0.1, 0.15) is 41.4 Å². The number of nitrogens with zero attached hydrogens (tertiary/aromatic N) is 6. The van der Waals surface area contributed by atoms with Crippen LogP contribution in [0, 0.1) is 19.8 Å². The Morgan fingerprint density at radius 2 is 1.93 bits per heavy atom. The van der Waals surface area contributed by atoms with Crippen LogP contribution in [-0.4, -0.2) is 55.1 Å². The van der Waals surface area contributed by atoms with Crippen LogP contribution in [0.25, 0.3) is 5.69 Å². The molecule has 1 aromatic carbocycles. The summed E-state index contributed by atoms with van der Waals surface area (Å²) in [5.41, 5.74) is 3.23. The second-order valence-electron chi connectivity index (χ2n) is 7.97. The molecule has 0 spiro atoms. The van der Waals surface area contributed by atoms with Gasteiger partial charge in [-0.3, -0.25) is 4.79 Å². The molecule has 0 aliphatic carbocycles. The maximum Gasteiger partial charge on any atom is 0.256 e. The predicted molar refractivity (Wildman–Crippen MR) is 115 cm³/mol. The number of piperidine rings is 1. The molecule has 3 aromatic rings. The molecular formula is C22H27N7O. The second-order valence-corrected chi connectivity index (χ2v) is 7.97. The number of amides is 1. The standard InChI is InChI=1S/C22H27N7O/c1-15-6-8-19(29-24-10-11-25-29)18(13-15)22(30)28-12-4-5-16(2)20(28)14-23-21-9-7-17(3)26-27-21/h6-11,13,16,20H,4-5,12,14H2,1-3H3,(H,23,27)/t16?,20-/m1/s1. The fourth-order valence-electron chi connectivity index (χ4n) is 4.01. The summed E-state index contributed by atoms with van der Waals surface area (Å²) in [5, 5.41) is 20.1. The maximum atomic E-state index is 13.7. The second kappa shape index (κ2) is 8.61. The first-order valence-corrected chi connectivity index (χ1v) is 10.4. The monoisotopic (exact) mass is 405 g/mol. The molecule has 156 valence electrons. The third-order valence-electron chi connectivity index (χ3n) is 5.68. The van der Waals surface area contributed by atoms with Crippen molar-refractivity contribution in [3.8, 4) is 5.69 Å². The number of hydrogen-bond acceptors (Lipinski definition) is 6. The van der Waals surface area contributed by atoms with Gasteiger partial charge < -0.3 is 10.2 Å². The van der Waals surface area contributed by atoms with Gasteiger partial charge in [-0.2, -0.15) is 20.1 Å². The fourth-order valence-corrected chi connectivity index (χ4v) is 4.01. The third-order valence-corrected chi connectivity index (χ3v) is 5.68. The summed E-state index contributed by atoms with van der Waals surface area (Å²) in [6.45, 7) is 7.47. The summed E-state index contributed by atoms with van der Waals surface area (Å²) in [4.78, 5) is 17.2. The molecule has 8 heteroatoms. The van der Waals surface area contributed by atoms with Crippen LogP contribution < -0.4 is 5.32 Å². The van der Waals surface area contributed by atoms with Crippen molar-refractivity contribution in [2.24, 2.45) is 5.92 Å². The van der Waals surface area contributed by atoms with E-state index < -0.39 is 0 Å². The number of anilines is 1. The number of hydrogen-bond donors (Lipinski definition) is 1. The number of rotatable bonds is 5. The van der Waals surface area contributed by atoms with E-state index in [-0.39, 0.29) is 11.9 Å². The van der Waals surface area contributed by atoms with Gasteiger partial charge in [0.1, 0.15) is 5.82 Å². The summed E-state index contributed by atoms with van der Waals surface area (Å²) in [7, 11) is 0. The molecule has 1 aliphatic heterocycles. The normalized spacial score (nSPS) is 19.0. The molecule has 1 aliphatic rings. The van der Waals surface area contributed by atoms with Gasteiger partial charge in [0.2, 0.25) is 0 Å². The van der Waals surface area contributed by atoms with Crippen LogP contribution in [0.2, 0.25) is 0 Å². The molecule has 1 fully saturated rings. The van der Waals surface area contributed by atoms with Crippen molar-refractivity contribution in [3.63, 3.8) is 0 Å². The van der Waals surface area contributed by atoms with Gasteiger partial charge in [-0.15, -0.1) is 5.10 Å². The van der Waals surface area contributed by atoms with E-state index in [9.17, 15) is 4.79 Å². The van der Waals surface area contributed by atoms with E-state index in [2.05, 4.69) is 32.6 Å². The Hall–Kier alpha value is -3.29. The molecule has 3 heterocycles. The molecular weight excluding hydrogens is 378 g/mol. The van der Waals surface area contributed by atoms with Gasteiger partial charge in [-0.05, 0) is 56.9 Å². The lowest BCUT2D eigenvalue weighted by Gasteiger charge is -2.40. The van der Waals surface area contributed by atoms with E-state index in [4.69, 9.17) is 0 Å². The van der Waals surface area contributed by atoms with Gasteiger partial charge in [0.15, 0.2) is 0 Å². The molecule has 2 aromatic heterocycles. The first kappa shape index (κ1) is 20.0. The van der Waals surface area contributed by atoms with Crippen molar-refractivity contribution in [2.75, 3.05) is 18.4 Å². The van der Waals surface area contributed by atoms with Crippen molar-refractivity contribution >= 4 is 11.7 Å². The molecule has 4 rings (SSSR count). The van der Waals surface area contributed by atoms with Crippen molar-refractivity contribution in [3.05, 3.63) is 59.5 Å². The zero-order chi connectivity index (χ0) is 21.1. The summed E-state index contributed by atoms with van der Waals surface area (Å²) in [5.74, 6) is 1.12. The number of aryl methyl sites for hydroxylation is 2. The largest absolute Gasteiger partial charge is 0.367 e. The van der Waals surface area contributed by atoms with Gasteiger partial charge >= 0.3 is 0 Å². The van der Waals surface area contributed by atoms with Crippen LogP contribution in [0.4, 0.5) is 5.82 Å². The van der Waals surface area contributed by atoms with E-state index >= 15 is 0 Å². The zero-order valence-corrected chi connectivity index (χ0v) is 17.6. The molecule has 1 amide bonds. The molecule has 1 N–H and O–H groups in total. The van der Waals surface area contributed by atoms with Crippen molar-refractivity contribution in [1.82, 2.24) is 30.1 Å². The lowest BCUT2D eigenvalue weighted by molar-refractivity contribution is 0.0539. The predicted octanol–water partition coefficient (Wildman–Crippen LogP) is 3.03. The van der Waals surface area contributed by atoms with E-state index in [0.29, 0.717) is 23.7 Å². The highest BCUT2D eigenvalue weighted by atomic mass is 16.2. The summed E-state index contributed by atoms with van der Waals surface area (Å²) >= 11 is 0. The zero-order valence-electron chi connectivity index (χ0n) is 17.6. The van der Waals surface area contributed by atoms with Crippen LogP contribution in [-0.2, 0) is 0 Å². The molecule has 1 saturated heterocycles. The van der Waals surface area contributed by atoms with Gasteiger partial charge in [0, 0.05) is 13.1 Å². The van der Waals surface area contributed by atoms with Crippen LogP contribution in [0.15, 0.2) is 42.7 Å². The van der Waals surface area contributed by atoms with Gasteiger partial charge in [-0.1, -0.05) is 18.6 Å². The number of nitrogens with one attached hydrogen (secondary N) is 1.